The van der Waals surface area contributed by atoms with Crippen molar-refractivity contribution in [1.82, 2.24) is 9.78 Å². The zero-order valence-electron chi connectivity index (χ0n) is 20.7. The molecule has 8 heteroatoms. The van der Waals surface area contributed by atoms with E-state index in [2.05, 4.69) is 5.18 Å². The van der Waals surface area contributed by atoms with Gasteiger partial charge in [0, 0.05) is 16.3 Å². The molecular weight excluding hydrogens is 480 g/mol. The molecule has 0 aliphatic rings. The molecule has 6 aromatic rings. The molecule has 0 aliphatic carbocycles. The monoisotopic (exact) mass is 503 g/mol. The number of nitrogens with zero attached hydrogens (tertiary/aromatic N) is 4. The fourth-order valence-electron chi connectivity index (χ4n) is 4.91. The summed E-state index contributed by atoms with van der Waals surface area (Å²) in [6, 6.07) is 29.9. The van der Waals surface area contributed by atoms with E-state index in [0.29, 0.717) is 44.9 Å². The van der Waals surface area contributed by atoms with Crippen LogP contribution in [0, 0.1) is 4.91 Å². The van der Waals surface area contributed by atoms with E-state index in [1.807, 2.05) is 66.7 Å². The third kappa shape index (κ3) is 3.54. The predicted octanol–water partition coefficient (Wildman–Crippen LogP) is 6.45. The lowest BCUT2D eigenvalue weighted by Gasteiger charge is -2.13. The van der Waals surface area contributed by atoms with Crippen LogP contribution in [-0.4, -0.2) is 29.2 Å². The van der Waals surface area contributed by atoms with Gasteiger partial charge in [0.2, 0.25) is 0 Å². The van der Waals surface area contributed by atoms with Crippen molar-refractivity contribution < 1.29 is 19.4 Å². The molecule has 0 atom stereocenters. The van der Waals surface area contributed by atoms with Gasteiger partial charge in [-0.2, -0.15) is 0 Å². The summed E-state index contributed by atoms with van der Waals surface area (Å²) in [4.78, 5) is 11.8. The number of hydrogen-bond donors (Lipinski definition) is 1. The molecule has 0 aliphatic heterocycles. The first-order chi connectivity index (χ1) is 18.7. The summed E-state index contributed by atoms with van der Waals surface area (Å²) in [5.41, 5.74) is 3.77. The number of para-hydroxylation sites is 1. The van der Waals surface area contributed by atoms with Crippen molar-refractivity contribution in [3.05, 3.63) is 102 Å². The Bertz CT molecular complexity index is 1820. The molecule has 186 valence electrons. The van der Waals surface area contributed by atoms with Crippen LogP contribution in [0.4, 0.5) is 5.69 Å². The molecule has 4 aromatic carbocycles. The van der Waals surface area contributed by atoms with E-state index >= 15 is 0 Å². The Morgan fingerprint density at radius 1 is 0.816 bits per heavy atom. The fourth-order valence-corrected chi connectivity index (χ4v) is 4.91. The van der Waals surface area contributed by atoms with Crippen molar-refractivity contribution in [3.63, 3.8) is 0 Å². The minimum absolute atomic E-state index is 0.194. The van der Waals surface area contributed by atoms with Crippen LogP contribution in [0.3, 0.4) is 0 Å². The highest BCUT2D eigenvalue weighted by molar-refractivity contribution is 6.15. The van der Waals surface area contributed by atoms with Gasteiger partial charge in [0.25, 0.3) is 0 Å². The van der Waals surface area contributed by atoms with Gasteiger partial charge in [-0.05, 0) is 46.3 Å². The predicted molar refractivity (Wildman–Crippen MR) is 145 cm³/mol. The highest BCUT2D eigenvalue weighted by Gasteiger charge is 2.32. The van der Waals surface area contributed by atoms with E-state index in [1.165, 1.54) is 0 Å². The van der Waals surface area contributed by atoms with E-state index in [9.17, 15) is 10.1 Å². The molecule has 0 fully saturated rings. The van der Waals surface area contributed by atoms with Crippen LogP contribution in [0.5, 0.6) is 11.5 Å². The molecule has 2 aromatic heterocycles. The molecule has 0 amide bonds. The minimum atomic E-state index is 0.194. The molecule has 1 N–H and O–H groups in total. The van der Waals surface area contributed by atoms with Crippen LogP contribution in [0.2, 0.25) is 0 Å². The molecule has 38 heavy (non-hydrogen) atoms. The van der Waals surface area contributed by atoms with E-state index in [0.717, 1.165) is 21.4 Å². The Morgan fingerprint density at radius 3 is 2.08 bits per heavy atom. The van der Waals surface area contributed by atoms with Crippen molar-refractivity contribution in [2.24, 2.45) is 5.18 Å². The molecule has 6 rings (SSSR count). The van der Waals surface area contributed by atoms with Crippen molar-refractivity contribution in [1.29, 1.82) is 0 Å². The molecule has 0 unspecified atom stereocenters. The molecule has 0 saturated heterocycles. The number of nitroso groups, excluding NO2 is 1. The van der Waals surface area contributed by atoms with Gasteiger partial charge in [0.05, 0.1) is 19.8 Å². The maximum atomic E-state index is 12.0. The quantitative estimate of drug-likeness (QED) is 0.160. The van der Waals surface area contributed by atoms with E-state index in [4.69, 9.17) is 14.6 Å². The maximum absolute atomic E-state index is 12.0. The van der Waals surface area contributed by atoms with Gasteiger partial charge in [-0.15, -0.1) is 4.91 Å². The second-order valence-electron chi connectivity index (χ2n) is 8.68. The summed E-state index contributed by atoms with van der Waals surface area (Å²) in [7, 11) is 3.13. The molecule has 8 nitrogen and oxygen atoms in total. The van der Waals surface area contributed by atoms with Gasteiger partial charge in [-0.1, -0.05) is 70.4 Å². The Labute approximate surface area is 217 Å². The summed E-state index contributed by atoms with van der Waals surface area (Å²) in [5.74, 6) is 1.00. The van der Waals surface area contributed by atoms with Crippen LogP contribution in [0.25, 0.3) is 50.0 Å². The largest absolute Gasteiger partial charge is 0.493 e. The SMILES string of the molecule is COc1cc2c(-c3ccccc3N=O)[n+](O)c3c(c(-c4ccccc4)nn3-c3ccccc3)c2cc1OC. The highest BCUT2D eigenvalue weighted by atomic mass is 16.5. The lowest BCUT2D eigenvalue weighted by Crippen LogP contribution is -2.36. The Hall–Kier alpha value is -5.24. The zero-order chi connectivity index (χ0) is 26.2. The summed E-state index contributed by atoms with van der Waals surface area (Å²) < 4.78 is 14.1. The summed E-state index contributed by atoms with van der Waals surface area (Å²) in [5, 5.41) is 22.3. The molecule has 0 saturated carbocycles. The van der Waals surface area contributed by atoms with Crippen molar-refractivity contribution in [2.45, 2.75) is 0 Å². The first-order valence-electron chi connectivity index (χ1n) is 12.0. The zero-order valence-corrected chi connectivity index (χ0v) is 20.7. The topological polar surface area (TPSA) is 89.8 Å². The second kappa shape index (κ2) is 9.33. The average molecular weight is 504 g/mol. The van der Waals surface area contributed by atoms with Gasteiger partial charge in [-0.3, -0.25) is 0 Å². The van der Waals surface area contributed by atoms with Gasteiger partial charge < -0.3 is 14.7 Å². The third-order valence-corrected chi connectivity index (χ3v) is 6.63. The van der Waals surface area contributed by atoms with Crippen LogP contribution in [0.1, 0.15) is 0 Å². The van der Waals surface area contributed by atoms with E-state index in [-0.39, 0.29) is 5.69 Å². The summed E-state index contributed by atoms with van der Waals surface area (Å²) in [6.07, 6.45) is 0. The number of hydrogen-bond acceptors (Lipinski definition) is 6. The maximum Gasteiger partial charge on any atom is 0.357 e. The number of ether oxygens (including phenoxy) is 2. The van der Waals surface area contributed by atoms with Gasteiger partial charge in [0.15, 0.2) is 22.9 Å². The average Bonchev–Trinajstić information content (AvgIpc) is 3.39. The summed E-state index contributed by atoms with van der Waals surface area (Å²) >= 11 is 0. The van der Waals surface area contributed by atoms with Crippen LogP contribution in [-0.2, 0) is 0 Å². The highest BCUT2D eigenvalue weighted by Crippen LogP contribution is 2.43. The normalized spacial score (nSPS) is 11.1. The van der Waals surface area contributed by atoms with Crippen LogP contribution < -0.4 is 14.2 Å². The van der Waals surface area contributed by atoms with Gasteiger partial charge >= 0.3 is 5.65 Å². The van der Waals surface area contributed by atoms with Crippen LogP contribution in [0.15, 0.2) is 102 Å². The smallest absolute Gasteiger partial charge is 0.357 e. The standard InChI is InChI=1S/C30H23N4O4/c1-37-25-17-22-23(18-26(25)38-2)29(21-15-9-10-16-24(21)32-35)34(36)30-27(22)28(19-11-5-3-6-12-19)31-33(30)20-13-7-4-8-14-20/h3-18,36H,1-2H3/q+1. The van der Waals surface area contributed by atoms with Gasteiger partial charge in [-0.25, -0.2) is 0 Å². The van der Waals surface area contributed by atoms with E-state index < -0.39 is 0 Å². The molecule has 0 spiro atoms. The molecular formula is C30H23N4O4+. The number of aromatic nitrogens is 3. The first kappa shape index (κ1) is 23.2. The number of fused-ring (bicyclic) bond motifs is 3. The van der Waals surface area contributed by atoms with Crippen LogP contribution >= 0.6 is 0 Å². The molecule has 2 heterocycles. The van der Waals surface area contributed by atoms with Crippen molar-refractivity contribution in [2.75, 3.05) is 14.2 Å². The third-order valence-electron chi connectivity index (χ3n) is 6.63. The van der Waals surface area contributed by atoms with Gasteiger partial charge in [0.1, 0.15) is 16.8 Å². The number of methoxy groups -OCH3 is 2. The molecule has 0 radical (unpaired) electrons. The lowest BCUT2D eigenvalue weighted by atomic mass is 9.97. The van der Waals surface area contributed by atoms with Crippen molar-refractivity contribution in [3.8, 4) is 39.7 Å². The van der Waals surface area contributed by atoms with Crippen molar-refractivity contribution >= 4 is 27.5 Å². The first-order valence-corrected chi connectivity index (χ1v) is 12.0. The molecule has 0 bridgehead atoms. The lowest BCUT2D eigenvalue weighted by molar-refractivity contribution is -0.876. The Morgan fingerprint density at radius 2 is 1.42 bits per heavy atom. The van der Waals surface area contributed by atoms with E-state index in [1.54, 1.807) is 49.2 Å². The fraction of sp³-hybridized carbons (Fsp3) is 0.0667. The Kier molecular flexibility index (Phi) is 5.69. The number of rotatable bonds is 6. The minimum Gasteiger partial charge on any atom is -0.493 e. The number of benzene rings is 4. The second-order valence-corrected chi connectivity index (χ2v) is 8.68. The summed E-state index contributed by atoms with van der Waals surface area (Å²) in [6.45, 7) is 0. The Balaban J connectivity index is 1.88. The number of pyridine rings is 1.